The maximum absolute atomic E-state index is 12.7. The van der Waals surface area contributed by atoms with E-state index in [4.69, 9.17) is 9.47 Å². The summed E-state index contributed by atoms with van der Waals surface area (Å²) in [6.07, 6.45) is 1.55. The lowest BCUT2D eigenvalue weighted by Crippen LogP contribution is -2.43. The molecule has 2 saturated heterocycles. The zero-order chi connectivity index (χ0) is 14.9. The van der Waals surface area contributed by atoms with Crippen molar-refractivity contribution in [3.63, 3.8) is 0 Å². The summed E-state index contributed by atoms with van der Waals surface area (Å²) in [7, 11) is -3.42. The highest BCUT2D eigenvalue weighted by Crippen LogP contribution is 2.28. The molecule has 1 aromatic rings. The molecule has 2 aliphatic heterocycles. The molecule has 0 amide bonds. The minimum atomic E-state index is -3.42. The predicted molar refractivity (Wildman–Crippen MR) is 78.4 cm³/mol. The van der Waals surface area contributed by atoms with Gasteiger partial charge in [0.2, 0.25) is 10.0 Å². The topological polar surface area (TPSA) is 55.8 Å². The lowest BCUT2D eigenvalue weighted by molar-refractivity contribution is -0.0940. The van der Waals surface area contributed by atoms with E-state index < -0.39 is 10.0 Å². The van der Waals surface area contributed by atoms with Crippen molar-refractivity contribution < 1.29 is 17.9 Å². The Bertz CT molecular complexity index is 578. The molecule has 5 nitrogen and oxygen atoms in total. The molecule has 0 saturated carbocycles. The highest BCUT2D eigenvalue weighted by molar-refractivity contribution is 7.89. The standard InChI is InChI=1S/C15H21NO4S/c1-12-4-6-14(7-5-12)21(17,18)16-8-2-3-13(11-16)15-19-9-10-20-15/h4-7,13,15H,2-3,8-11H2,1H3. The van der Waals surface area contributed by atoms with E-state index in [2.05, 4.69) is 0 Å². The lowest BCUT2D eigenvalue weighted by atomic mass is 9.99. The molecule has 1 aromatic carbocycles. The van der Waals surface area contributed by atoms with Crippen LogP contribution in [0.15, 0.2) is 29.2 Å². The van der Waals surface area contributed by atoms with E-state index in [0.717, 1.165) is 18.4 Å². The minimum Gasteiger partial charge on any atom is -0.350 e. The molecule has 0 aromatic heterocycles. The second-order valence-corrected chi connectivity index (χ2v) is 7.63. The number of nitrogens with zero attached hydrogens (tertiary/aromatic N) is 1. The molecule has 0 radical (unpaired) electrons. The molecule has 0 aliphatic carbocycles. The van der Waals surface area contributed by atoms with E-state index in [0.29, 0.717) is 31.2 Å². The van der Waals surface area contributed by atoms with Crippen molar-refractivity contribution in [1.82, 2.24) is 4.31 Å². The van der Waals surface area contributed by atoms with E-state index in [1.807, 2.05) is 19.1 Å². The molecule has 3 rings (SSSR count). The zero-order valence-corrected chi connectivity index (χ0v) is 13.0. The second kappa shape index (κ2) is 6.04. The molecular formula is C15H21NO4S. The molecule has 0 N–H and O–H groups in total. The van der Waals surface area contributed by atoms with Gasteiger partial charge in [0.15, 0.2) is 6.29 Å². The Morgan fingerprint density at radius 1 is 1.14 bits per heavy atom. The third-order valence-corrected chi connectivity index (χ3v) is 5.99. The Hall–Kier alpha value is -0.950. The average molecular weight is 311 g/mol. The van der Waals surface area contributed by atoms with Gasteiger partial charge in [0.05, 0.1) is 18.1 Å². The van der Waals surface area contributed by atoms with Gasteiger partial charge in [0.25, 0.3) is 0 Å². The van der Waals surface area contributed by atoms with Gasteiger partial charge in [-0.1, -0.05) is 17.7 Å². The molecule has 2 aliphatic rings. The highest BCUT2D eigenvalue weighted by Gasteiger charge is 2.35. The van der Waals surface area contributed by atoms with Crippen molar-refractivity contribution in [3.05, 3.63) is 29.8 Å². The van der Waals surface area contributed by atoms with Crippen molar-refractivity contribution in [2.45, 2.75) is 31.0 Å². The van der Waals surface area contributed by atoms with Gasteiger partial charge in [0.1, 0.15) is 0 Å². The molecule has 21 heavy (non-hydrogen) atoms. The SMILES string of the molecule is Cc1ccc(S(=O)(=O)N2CCCC(C3OCCO3)C2)cc1. The summed E-state index contributed by atoms with van der Waals surface area (Å²) in [5.41, 5.74) is 1.05. The number of ether oxygens (including phenoxy) is 2. The summed E-state index contributed by atoms with van der Waals surface area (Å²) in [4.78, 5) is 0.363. The Morgan fingerprint density at radius 2 is 1.81 bits per heavy atom. The molecule has 6 heteroatoms. The number of benzene rings is 1. The largest absolute Gasteiger partial charge is 0.350 e. The van der Waals surface area contributed by atoms with Crippen molar-refractivity contribution >= 4 is 10.0 Å². The fraction of sp³-hybridized carbons (Fsp3) is 0.600. The molecule has 1 unspecified atom stereocenters. The molecular weight excluding hydrogens is 290 g/mol. The van der Waals surface area contributed by atoms with E-state index in [-0.39, 0.29) is 12.2 Å². The van der Waals surface area contributed by atoms with Gasteiger partial charge in [0, 0.05) is 19.0 Å². The number of piperidine rings is 1. The fourth-order valence-corrected chi connectivity index (χ4v) is 4.46. The van der Waals surface area contributed by atoms with Crippen LogP contribution in [0.4, 0.5) is 0 Å². The summed E-state index contributed by atoms with van der Waals surface area (Å²) in [5, 5.41) is 0. The third-order valence-electron chi connectivity index (χ3n) is 4.11. The maximum Gasteiger partial charge on any atom is 0.243 e. The molecule has 2 heterocycles. The first-order valence-corrected chi connectivity index (χ1v) is 8.81. The molecule has 0 spiro atoms. The second-order valence-electron chi connectivity index (χ2n) is 5.69. The van der Waals surface area contributed by atoms with Crippen molar-refractivity contribution in [1.29, 1.82) is 0 Å². The number of hydrogen-bond donors (Lipinski definition) is 0. The number of sulfonamides is 1. The first kappa shape index (κ1) is 15.0. The lowest BCUT2D eigenvalue weighted by Gasteiger charge is -2.33. The summed E-state index contributed by atoms with van der Waals surface area (Å²) >= 11 is 0. The molecule has 1 atom stereocenters. The van der Waals surface area contributed by atoms with Gasteiger partial charge in [-0.3, -0.25) is 0 Å². The van der Waals surface area contributed by atoms with Crippen molar-refractivity contribution in [3.8, 4) is 0 Å². The van der Waals surface area contributed by atoms with E-state index in [1.54, 1.807) is 16.4 Å². The zero-order valence-electron chi connectivity index (χ0n) is 12.2. The normalized spacial score (nSPS) is 25.3. The van der Waals surface area contributed by atoms with Crippen LogP contribution < -0.4 is 0 Å². The third kappa shape index (κ3) is 3.13. The Morgan fingerprint density at radius 3 is 2.48 bits per heavy atom. The van der Waals surface area contributed by atoms with Gasteiger partial charge in [-0.15, -0.1) is 0 Å². The molecule has 116 valence electrons. The van der Waals surface area contributed by atoms with Crippen LogP contribution in [0.2, 0.25) is 0 Å². The number of hydrogen-bond acceptors (Lipinski definition) is 4. The van der Waals surface area contributed by atoms with Gasteiger partial charge in [-0.2, -0.15) is 4.31 Å². The van der Waals surface area contributed by atoms with Crippen LogP contribution in [0.1, 0.15) is 18.4 Å². The Labute approximate surface area is 125 Å². The minimum absolute atomic E-state index is 0.126. The van der Waals surface area contributed by atoms with Crippen LogP contribution >= 0.6 is 0 Å². The molecule has 2 fully saturated rings. The van der Waals surface area contributed by atoms with Crippen molar-refractivity contribution in [2.75, 3.05) is 26.3 Å². The van der Waals surface area contributed by atoms with E-state index in [9.17, 15) is 8.42 Å². The van der Waals surface area contributed by atoms with Gasteiger partial charge >= 0.3 is 0 Å². The number of aryl methyl sites for hydroxylation is 1. The van der Waals surface area contributed by atoms with E-state index in [1.165, 1.54) is 0 Å². The maximum atomic E-state index is 12.7. The quantitative estimate of drug-likeness (QED) is 0.854. The first-order valence-electron chi connectivity index (χ1n) is 7.37. The smallest absolute Gasteiger partial charge is 0.243 e. The van der Waals surface area contributed by atoms with Crippen LogP contribution in [0.3, 0.4) is 0 Å². The van der Waals surface area contributed by atoms with Gasteiger partial charge < -0.3 is 9.47 Å². The van der Waals surface area contributed by atoms with E-state index >= 15 is 0 Å². The van der Waals surface area contributed by atoms with Crippen LogP contribution in [0, 0.1) is 12.8 Å². The van der Waals surface area contributed by atoms with Crippen LogP contribution in [-0.4, -0.2) is 45.3 Å². The first-order chi connectivity index (χ1) is 10.1. The summed E-state index contributed by atoms with van der Waals surface area (Å²) in [6, 6.07) is 7.02. The summed E-state index contributed by atoms with van der Waals surface area (Å²) in [5.74, 6) is 0.126. The number of rotatable bonds is 3. The Balaban J connectivity index is 1.76. The molecule has 0 bridgehead atoms. The average Bonchev–Trinajstić information content (AvgIpc) is 3.02. The van der Waals surface area contributed by atoms with Crippen LogP contribution in [0.5, 0.6) is 0 Å². The summed E-state index contributed by atoms with van der Waals surface area (Å²) in [6.45, 7) is 4.19. The Kier molecular flexibility index (Phi) is 4.31. The van der Waals surface area contributed by atoms with Crippen molar-refractivity contribution in [2.24, 2.45) is 5.92 Å². The monoisotopic (exact) mass is 311 g/mol. The van der Waals surface area contributed by atoms with Gasteiger partial charge in [-0.05, 0) is 31.9 Å². The van der Waals surface area contributed by atoms with Crippen LogP contribution in [-0.2, 0) is 19.5 Å². The fourth-order valence-electron chi connectivity index (χ4n) is 2.92. The predicted octanol–water partition coefficient (Wildman–Crippen LogP) is 1.77. The van der Waals surface area contributed by atoms with Crippen LogP contribution in [0.25, 0.3) is 0 Å². The van der Waals surface area contributed by atoms with Gasteiger partial charge in [-0.25, -0.2) is 8.42 Å². The highest BCUT2D eigenvalue weighted by atomic mass is 32.2. The summed E-state index contributed by atoms with van der Waals surface area (Å²) < 4.78 is 38.0.